The number of ether oxygens (including phenoxy) is 1. The molecule has 0 saturated carbocycles. The Hall–Kier alpha value is -5.29. The zero-order valence-corrected chi connectivity index (χ0v) is 21.6. The Balaban J connectivity index is 1.61. The number of para-hydroxylation sites is 1. The van der Waals surface area contributed by atoms with Gasteiger partial charge in [0, 0.05) is 35.3 Å². The maximum absolute atomic E-state index is 14.3. The van der Waals surface area contributed by atoms with Crippen LogP contribution in [0.1, 0.15) is 18.1 Å². The summed E-state index contributed by atoms with van der Waals surface area (Å²) in [6.45, 7) is 2.47. The zero-order valence-electron chi connectivity index (χ0n) is 21.6. The molecule has 2 heterocycles. The summed E-state index contributed by atoms with van der Waals surface area (Å²) in [5.41, 5.74) is 4.34. The number of nitrogens with one attached hydrogen (secondary N) is 1. The number of nitrogens with zero attached hydrogens (tertiary/aromatic N) is 3. The Bertz CT molecular complexity index is 1720. The van der Waals surface area contributed by atoms with Crippen LogP contribution < -0.4 is 10.1 Å². The molecule has 5 rings (SSSR count). The number of carboxylic acid groups (broad SMARTS) is 1. The smallest absolute Gasteiger partial charge is 0.326 e. The minimum atomic E-state index is -1.12. The molecule has 1 unspecified atom stereocenters. The molecule has 3 aromatic carbocycles. The molecule has 0 fully saturated rings. The van der Waals surface area contributed by atoms with E-state index in [1.54, 1.807) is 24.5 Å². The van der Waals surface area contributed by atoms with Crippen molar-refractivity contribution < 1.29 is 19.0 Å². The predicted molar refractivity (Wildman–Crippen MR) is 151 cm³/mol. The van der Waals surface area contributed by atoms with Crippen LogP contribution in [0, 0.1) is 17.1 Å². The number of hydrogen-bond donors (Lipinski definition) is 2. The third-order valence-electron chi connectivity index (χ3n) is 6.49. The minimum absolute atomic E-state index is 0.108. The number of pyridine rings is 2. The van der Waals surface area contributed by atoms with Gasteiger partial charge in [-0.3, -0.25) is 4.98 Å². The molecule has 8 heteroatoms. The van der Waals surface area contributed by atoms with Crippen LogP contribution in [0.25, 0.3) is 33.3 Å². The molecule has 0 aliphatic heterocycles. The lowest BCUT2D eigenvalue weighted by Crippen LogP contribution is -2.32. The lowest BCUT2D eigenvalue weighted by Gasteiger charge is -2.20. The van der Waals surface area contributed by atoms with Gasteiger partial charge in [-0.25, -0.2) is 14.2 Å². The van der Waals surface area contributed by atoms with E-state index in [4.69, 9.17) is 9.72 Å². The summed E-state index contributed by atoms with van der Waals surface area (Å²) in [5.74, 6) is -0.875. The average Bonchev–Trinajstić information content (AvgIpc) is 2.97. The van der Waals surface area contributed by atoms with Crippen LogP contribution in [0.3, 0.4) is 0 Å². The summed E-state index contributed by atoms with van der Waals surface area (Å²) in [5, 5.41) is 23.6. The van der Waals surface area contributed by atoms with Gasteiger partial charge in [-0.15, -0.1) is 0 Å². The van der Waals surface area contributed by atoms with Gasteiger partial charge in [0.05, 0.1) is 23.5 Å². The van der Waals surface area contributed by atoms with Crippen molar-refractivity contribution >= 4 is 22.6 Å². The van der Waals surface area contributed by atoms with E-state index in [2.05, 4.69) is 16.4 Å². The van der Waals surface area contributed by atoms with Crippen LogP contribution in [0.4, 0.5) is 10.1 Å². The van der Waals surface area contributed by atoms with Crippen LogP contribution in [0.2, 0.25) is 0 Å². The summed E-state index contributed by atoms with van der Waals surface area (Å²) in [6, 6.07) is 23.9. The minimum Gasteiger partial charge on any atom is -0.493 e. The van der Waals surface area contributed by atoms with Gasteiger partial charge in [-0.1, -0.05) is 48.5 Å². The standard InChI is InChI=1S/C32H25FN4O3/c1-2-40-29-8-4-3-7-24(29)21-9-11-22(12-10-21)30-26(18-34)31(25-17-23(33)13-14-27(25)36-30)37-28(32(38)39)16-20-6-5-15-35-19-20/h3-15,17,19,28H,2,16H2,1H3,(H,36,37)(H,38,39). The molecule has 5 aromatic rings. The number of hydrogen-bond acceptors (Lipinski definition) is 6. The lowest BCUT2D eigenvalue weighted by molar-refractivity contribution is -0.137. The maximum atomic E-state index is 14.3. The number of aliphatic carboxylic acids is 1. The van der Waals surface area contributed by atoms with Crippen molar-refractivity contribution in [2.24, 2.45) is 0 Å². The van der Waals surface area contributed by atoms with E-state index in [0.29, 0.717) is 34.3 Å². The second kappa shape index (κ2) is 11.6. The van der Waals surface area contributed by atoms with E-state index in [1.165, 1.54) is 18.2 Å². The number of halogens is 1. The number of fused-ring (bicyclic) bond motifs is 1. The van der Waals surface area contributed by atoms with Crippen LogP contribution >= 0.6 is 0 Å². The highest BCUT2D eigenvalue weighted by Crippen LogP contribution is 2.36. The van der Waals surface area contributed by atoms with Gasteiger partial charge in [-0.2, -0.15) is 5.26 Å². The highest BCUT2D eigenvalue weighted by Gasteiger charge is 2.24. The molecule has 0 bridgehead atoms. The number of nitriles is 1. The van der Waals surface area contributed by atoms with E-state index >= 15 is 0 Å². The Morgan fingerprint density at radius 1 is 1.07 bits per heavy atom. The van der Waals surface area contributed by atoms with E-state index in [1.807, 2.05) is 55.5 Å². The van der Waals surface area contributed by atoms with Crippen LogP contribution in [0.15, 0.2) is 91.3 Å². The molecule has 40 heavy (non-hydrogen) atoms. The van der Waals surface area contributed by atoms with Gasteiger partial charge in [-0.05, 0) is 48.4 Å². The first-order valence-corrected chi connectivity index (χ1v) is 12.7. The topological polar surface area (TPSA) is 108 Å². The molecule has 2 N–H and O–H groups in total. The first kappa shape index (κ1) is 26.3. The molecule has 198 valence electrons. The number of anilines is 1. The predicted octanol–water partition coefficient (Wildman–Crippen LogP) is 6.48. The maximum Gasteiger partial charge on any atom is 0.326 e. The van der Waals surface area contributed by atoms with Crippen molar-refractivity contribution in [2.75, 3.05) is 11.9 Å². The highest BCUT2D eigenvalue weighted by atomic mass is 19.1. The van der Waals surface area contributed by atoms with Gasteiger partial charge >= 0.3 is 5.97 Å². The molecule has 2 aromatic heterocycles. The fourth-order valence-corrected chi connectivity index (χ4v) is 4.63. The SMILES string of the molecule is CCOc1ccccc1-c1ccc(-c2nc3ccc(F)cc3c(NC(Cc3cccnc3)C(=O)O)c2C#N)cc1. The molecule has 7 nitrogen and oxygen atoms in total. The number of rotatable bonds is 9. The normalized spacial score (nSPS) is 11.5. The summed E-state index contributed by atoms with van der Waals surface area (Å²) < 4.78 is 20.1. The summed E-state index contributed by atoms with van der Waals surface area (Å²) >= 11 is 0. The zero-order chi connectivity index (χ0) is 28.1. The van der Waals surface area contributed by atoms with Crippen molar-refractivity contribution in [3.05, 3.63) is 108 Å². The first-order valence-electron chi connectivity index (χ1n) is 12.7. The molecule has 0 saturated heterocycles. The molecular weight excluding hydrogens is 507 g/mol. The molecule has 0 amide bonds. The molecule has 0 aliphatic carbocycles. The second-order valence-corrected chi connectivity index (χ2v) is 9.09. The van der Waals surface area contributed by atoms with Crippen LogP contribution in [-0.4, -0.2) is 33.7 Å². The van der Waals surface area contributed by atoms with Crippen molar-refractivity contribution in [3.8, 4) is 34.2 Å². The van der Waals surface area contributed by atoms with Crippen molar-refractivity contribution in [1.82, 2.24) is 9.97 Å². The second-order valence-electron chi connectivity index (χ2n) is 9.09. The monoisotopic (exact) mass is 532 g/mol. The number of carbonyl (C=O) groups is 1. The third-order valence-corrected chi connectivity index (χ3v) is 6.49. The van der Waals surface area contributed by atoms with E-state index in [0.717, 1.165) is 16.9 Å². The molecule has 0 aliphatic rings. The lowest BCUT2D eigenvalue weighted by atomic mass is 9.97. The van der Waals surface area contributed by atoms with Gasteiger partial charge in [0.15, 0.2) is 0 Å². The largest absolute Gasteiger partial charge is 0.493 e. The van der Waals surface area contributed by atoms with Crippen molar-refractivity contribution in [3.63, 3.8) is 0 Å². The Labute approximate surface area is 230 Å². The van der Waals surface area contributed by atoms with Gasteiger partial charge in [0.2, 0.25) is 0 Å². The first-order chi connectivity index (χ1) is 19.5. The van der Waals surface area contributed by atoms with Crippen LogP contribution in [-0.2, 0) is 11.2 Å². The van der Waals surface area contributed by atoms with Crippen molar-refractivity contribution in [1.29, 1.82) is 5.26 Å². The Morgan fingerprint density at radius 2 is 1.85 bits per heavy atom. The quantitative estimate of drug-likeness (QED) is 0.224. The van der Waals surface area contributed by atoms with E-state index in [-0.39, 0.29) is 17.7 Å². The molecule has 0 radical (unpaired) electrons. The van der Waals surface area contributed by atoms with E-state index < -0.39 is 17.8 Å². The molecule has 1 atom stereocenters. The number of carboxylic acids is 1. The summed E-state index contributed by atoms with van der Waals surface area (Å²) in [4.78, 5) is 21.0. The van der Waals surface area contributed by atoms with Crippen molar-refractivity contribution in [2.45, 2.75) is 19.4 Å². The Kier molecular flexibility index (Phi) is 7.65. The summed E-state index contributed by atoms with van der Waals surface area (Å²) in [7, 11) is 0. The summed E-state index contributed by atoms with van der Waals surface area (Å²) in [6.07, 6.45) is 3.30. The van der Waals surface area contributed by atoms with Crippen LogP contribution in [0.5, 0.6) is 5.75 Å². The Morgan fingerprint density at radius 3 is 2.55 bits per heavy atom. The fourth-order valence-electron chi connectivity index (χ4n) is 4.63. The molecule has 0 spiro atoms. The number of benzene rings is 3. The van der Waals surface area contributed by atoms with E-state index in [9.17, 15) is 19.6 Å². The van der Waals surface area contributed by atoms with Gasteiger partial charge in [0.1, 0.15) is 29.2 Å². The number of aromatic nitrogens is 2. The third kappa shape index (κ3) is 5.45. The van der Waals surface area contributed by atoms with Gasteiger partial charge < -0.3 is 15.2 Å². The molecular formula is C32H25FN4O3. The van der Waals surface area contributed by atoms with Gasteiger partial charge in [0.25, 0.3) is 0 Å². The fraction of sp³-hybridized carbons (Fsp3) is 0.125. The highest BCUT2D eigenvalue weighted by molar-refractivity contribution is 5.99. The average molecular weight is 533 g/mol.